The summed E-state index contributed by atoms with van der Waals surface area (Å²) in [6.07, 6.45) is 14.1. The third-order valence-electron chi connectivity index (χ3n) is 27.1. The van der Waals surface area contributed by atoms with Gasteiger partial charge in [-0.3, -0.25) is 9.97 Å². The SMILES string of the molecule is c1ccc(-c2cc(-n3ccc4cc5c6ccccc6n(-c6ccccc6)c5cc43)cc(-c3ccccc3)n2)cc1.c1ccc(-c2nccc(-n3ccc4cc5c6ccccc6n(-c6ccccc6)c5cc43)n2)cc1.c1ccc(-n2c3ccccc3c3cc4ccn(-c5ccc(-c6ccccn6)nc5)c4cc32)cc1.c1ccc(-n2c3ccccc3c3ccc4ccn(-c5cccc6ccccc56)c4c32)cc1. The molecule has 13 heteroatoms. The number of fused-ring (bicyclic) bond motifs is 18. The predicted octanol–water partition coefficient (Wildman–Crippen LogP) is 31.7. The quantitative estimate of drug-likeness (QED) is 0.121. The molecule has 0 aliphatic heterocycles. The molecule has 12 heterocycles. The van der Waals surface area contributed by atoms with Crippen molar-refractivity contribution in [2.45, 2.75) is 0 Å². The highest BCUT2D eigenvalue weighted by molar-refractivity contribution is 6.20. The Balaban J connectivity index is 0.0000000963. The lowest BCUT2D eigenvalue weighted by atomic mass is 10.1. The summed E-state index contributed by atoms with van der Waals surface area (Å²) in [7, 11) is 0. The molecule has 0 bridgehead atoms. The van der Waals surface area contributed by atoms with Crippen LogP contribution in [0.4, 0.5) is 0 Å². The molecular weight excluding hydrogens is 1710 g/mol. The van der Waals surface area contributed by atoms with Gasteiger partial charge in [0.05, 0.1) is 107 Å². The van der Waals surface area contributed by atoms with Crippen molar-refractivity contribution in [1.82, 2.24) is 61.5 Å². The summed E-state index contributed by atoms with van der Waals surface area (Å²) in [5.41, 5.74) is 29.2. The van der Waals surface area contributed by atoms with E-state index in [2.05, 4.69) is 477 Å². The summed E-state index contributed by atoms with van der Waals surface area (Å²) >= 11 is 0. The first-order chi connectivity index (χ1) is 69.5. The Morgan fingerprint density at radius 3 is 1.06 bits per heavy atom. The van der Waals surface area contributed by atoms with E-state index in [0.717, 1.165) is 96.1 Å². The van der Waals surface area contributed by atoms with E-state index in [9.17, 15) is 0 Å². The van der Waals surface area contributed by atoms with Crippen molar-refractivity contribution < 1.29 is 0 Å². The van der Waals surface area contributed by atoms with E-state index in [1.54, 1.807) is 6.20 Å². The number of hydrogen-bond donors (Lipinski definition) is 0. The van der Waals surface area contributed by atoms with Crippen LogP contribution >= 0.6 is 0 Å². The van der Waals surface area contributed by atoms with Gasteiger partial charge in [-0.05, 0) is 187 Å². The van der Waals surface area contributed by atoms with Gasteiger partial charge in [0.25, 0.3) is 0 Å². The number of para-hydroxylation sites is 8. The zero-order chi connectivity index (χ0) is 92.5. The molecule has 0 amide bonds. The largest absolute Gasteiger partial charge is 0.316 e. The van der Waals surface area contributed by atoms with E-state index in [-0.39, 0.29) is 0 Å². The number of rotatable bonds is 12. The van der Waals surface area contributed by atoms with Crippen LogP contribution in [0.1, 0.15) is 0 Å². The minimum Gasteiger partial charge on any atom is -0.316 e. The Labute approximate surface area is 805 Å². The molecule has 0 radical (unpaired) electrons. The van der Waals surface area contributed by atoms with E-state index < -0.39 is 0 Å². The Hall–Kier alpha value is -19.1. The Bertz CT molecular complexity index is 9660. The molecule has 0 aliphatic rings. The van der Waals surface area contributed by atoms with E-state index in [1.165, 1.54) is 136 Å². The fourth-order valence-corrected chi connectivity index (χ4v) is 20.7. The van der Waals surface area contributed by atoms with E-state index in [4.69, 9.17) is 9.97 Å². The van der Waals surface area contributed by atoms with Gasteiger partial charge in [-0.25, -0.2) is 15.0 Å². The van der Waals surface area contributed by atoms with Crippen molar-refractivity contribution in [1.29, 1.82) is 0 Å². The Morgan fingerprint density at radius 1 is 0.171 bits per heavy atom. The monoisotopic (exact) mass is 1790 g/mol. The van der Waals surface area contributed by atoms with Gasteiger partial charge in [-0.1, -0.05) is 291 Å². The number of aromatic nitrogens is 13. The average molecular weight is 1790 g/mol. The summed E-state index contributed by atoms with van der Waals surface area (Å²) in [5.74, 6) is 1.57. The first-order valence-electron chi connectivity index (χ1n) is 47.2. The number of nitrogens with zero attached hydrogens (tertiary/aromatic N) is 13. The maximum atomic E-state index is 5.08. The summed E-state index contributed by atoms with van der Waals surface area (Å²) in [5, 5.41) is 17.4. The van der Waals surface area contributed by atoms with Crippen LogP contribution in [0.2, 0.25) is 0 Å². The van der Waals surface area contributed by atoms with Gasteiger partial charge in [0.1, 0.15) is 5.82 Å². The van der Waals surface area contributed by atoms with Crippen LogP contribution in [0, 0.1) is 0 Å². The molecule has 29 aromatic rings. The van der Waals surface area contributed by atoms with Gasteiger partial charge in [0, 0.05) is 152 Å². The van der Waals surface area contributed by atoms with Crippen LogP contribution in [0.5, 0.6) is 0 Å². The van der Waals surface area contributed by atoms with Crippen LogP contribution in [-0.2, 0) is 0 Å². The minimum absolute atomic E-state index is 0.722. The van der Waals surface area contributed by atoms with Gasteiger partial charge in [0.2, 0.25) is 0 Å². The second-order valence-electron chi connectivity index (χ2n) is 35.2. The fourth-order valence-electron chi connectivity index (χ4n) is 20.7. The lowest BCUT2D eigenvalue weighted by molar-refractivity contribution is 1.02. The van der Waals surface area contributed by atoms with Crippen LogP contribution < -0.4 is 0 Å². The number of hydrogen-bond acceptors (Lipinski definition) is 5. The molecule has 0 saturated carbocycles. The molecule has 0 unspecified atom stereocenters. The molecule has 140 heavy (non-hydrogen) atoms. The van der Waals surface area contributed by atoms with Crippen LogP contribution in [0.25, 0.3) is 233 Å². The Kier molecular flexibility index (Phi) is 20.3. The van der Waals surface area contributed by atoms with Gasteiger partial charge >= 0.3 is 0 Å². The molecule has 0 saturated heterocycles. The van der Waals surface area contributed by atoms with Crippen LogP contribution in [0.3, 0.4) is 0 Å². The van der Waals surface area contributed by atoms with E-state index in [0.29, 0.717) is 0 Å². The second-order valence-corrected chi connectivity index (χ2v) is 35.2. The van der Waals surface area contributed by atoms with Crippen molar-refractivity contribution in [2.24, 2.45) is 0 Å². The second kappa shape index (κ2) is 34.7. The van der Waals surface area contributed by atoms with Crippen molar-refractivity contribution in [3.05, 3.63) is 517 Å². The minimum atomic E-state index is 0.722. The van der Waals surface area contributed by atoms with Gasteiger partial charge in [-0.15, -0.1) is 0 Å². The van der Waals surface area contributed by atoms with Gasteiger partial charge in [-0.2, -0.15) is 0 Å². The highest BCUT2D eigenvalue weighted by Gasteiger charge is 2.24. The molecule has 0 spiro atoms. The van der Waals surface area contributed by atoms with Crippen molar-refractivity contribution >= 4 is 142 Å². The summed E-state index contributed by atoms with van der Waals surface area (Å²) in [6.45, 7) is 0. The van der Waals surface area contributed by atoms with Gasteiger partial charge in [0.15, 0.2) is 5.82 Å². The lowest BCUT2D eigenvalue weighted by Crippen LogP contribution is -1.99. The van der Waals surface area contributed by atoms with Crippen molar-refractivity contribution in [2.75, 3.05) is 0 Å². The molecule has 12 aromatic heterocycles. The smallest absolute Gasteiger partial charge is 0.161 e. The van der Waals surface area contributed by atoms with E-state index >= 15 is 0 Å². The number of benzene rings is 17. The predicted molar refractivity (Wildman–Crippen MR) is 579 cm³/mol. The van der Waals surface area contributed by atoms with Crippen molar-refractivity contribution in [3.8, 4) is 90.9 Å². The van der Waals surface area contributed by atoms with Gasteiger partial charge < -0.3 is 36.5 Å². The number of pyridine rings is 3. The average Bonchev–Trinajstić information content (AvgIpc) is 1.56. The van der Waals surface area contributed by atoms with Crippen LogP contribution in [-0.4, -0.2) is 61.5 Å². The normalized spacial score (nSPS) is 11.6. The molecule has 17 aromatic carbocycles. The summed E-state index contributed by atoms with van der Waals surface area (Å²) in [4.78, 5) is 23.6. The first-order valence-corrected chi connectivity index (χ1v) is 47.2. The molecule has 0 fully saturated rings. The summed E-state index contributed by atoms with van der Waals surface area (Å²) < 4.78 is 18.5. The maximum Gasteiger partial charge on any atom is 0.161 e. The molecule has 658 valence electrons. The summed E-state index contributed by atoms with van der Waals surface area (Å²) in [6, 6.07) is 167. The zero-order valence-corrected chi connectivity index (χ0v) is 75.9. The zero-order valence-electron chi connectivity index (χ0n) is 75.9. The molecule has 0 atom stereocenters. The molecule has 0 aliphatic carbocycles. The third kappa shape index (κ3) is 14.4. The van der Waals surface area contributed by atoms with Crippen molar-refractivity contribution in [3.63, 3.8) is 0 Å². The molecule has 0 N–H and O–H groups in total. The first kappa shape index (κ1) is 81.6. The van der Waals surface area contributed by atoms with Crippen LogP contribution in [0.15, 0.2) is 517 Å². The van der Waals surface area contributed by atoms with E-state index in [1.807, 2.05) is 85.2 Å². The highest BCUT2D eigenvalue weighted by Crippen LogP contribution is 2.44. The molecule has 13 nitrogen and oxygen atoms in total. The molecular formula is C127H85N13. The standard InChI is InChI=1S/C37H25N3.2C30H20N4.C30H20N2/c1-4-12-26(13-5-1)33-23-30(24-34(38-33)27-14-6-2-7-15-27)39-21-20-28-22-32-31-18-10-11-19-35(31)40(37(32)25-36(28)39)29-16-8-3-9-17-29;1-3-9-21(10-4-1)30-31-17-15-29(32-30)33-18-16-22-19-25-24-13-7-8-14-26(24)34(28(25)20-27(22)33)23-11-5-2-6-12-23;1-2-8-22(9-3-1)34-28-12-5-4-10-24(28)25-18-21-15-17-33(29(21)19-30(25)34)23-13-14-27(32-20-23)26-11-6-7-16-31-26;1-2-11-23(12-3-1)32-28-15-7-6-14-25(28)26-18-17-22-19-20-31(29(22)30(26)32)27-16-8-10-21-9-4-5-13-24(21)27/h1-25H;2*1-20H;1-20H. The topological polar surface area (TPSA) is 104 Å². The lowest BCUT2D eigenvalue weighted by Gasteiger charge is -2.13. The Morgan fingerprint density at radius 2 is 0.571 bits per heavy atom. The highest BCUT2D eigenvalue weighted by atomic mass is 15.1. The fraction of sp³-hybridized carbons (Fsp3) is 0. The molecule has 29 rings (SSSR count). The third-order valence-corrected chi connectivity index (χ3v) is 27.1. The maximum absolute atomic E-state index is 5.08.